The summed E-state index contributed by atoms with van der Waals surface area (Å²) in [4.78, 5) is 23.6. The lowest BCUT2D eigenvalue weighted by Crippen LogP contribution is -2.37. The van der Waals surface area contributed by atoms with Crippen LogP contribution in [-0.4, -0.2) is 26.8 Å². The third-order valence-corrected chi connectivity index (χ3v) is 4.55. The van der Waals surface area contributed by atoms with Gasteiger partial charge in [0, 0.05) is 30.8 Å². The molecule has 0 aliphatic rings. The summed E-state index contributed by atoms with van der Waals surface area (Å²) in [6.45, 7) is 6.47. The Morgan fingerprint density at radius 3 is 2.45 bits per heavy atom. The Kier molecular flexibility index (Phi) is 6.54. The fourth-order valence-electron chi connectivity index (χ4n) is 3.01. The van der Waals surface area contributed by atoms with Crippen LogP contribution in [0.1, 0.15) is 41.3 Å². The van der Waals surface area contributed by atoms with E-state index in [0.29, 0.717) is 29.4 Å². The fraction of sp³-hybridized carbons (Fsp3) is 0.261. The molecule has 0 aliphatic heterocycles. The van der Waals surface area contributed by atoms with Gasteiger partial charge < -0.3 is 10.2 Å². The molecule has 0 spiro atoms. The lowest BCUT2D eigenvalue weighted by Gasteiger charge is -2.26. The highest BCUT2D eigenvalue weighted by molar-refractivity contribution is 5.93. The van der Waals surface area contributed by atoms with Gasteiger partial charge in [-0.25, -0.2) is 14.4 Å². The van der Waals surface area contributed by atoms with Crippen molar-refractivity contribution >= 4 is 11.7 Å². The fourth-order valence-corrected chi connectivity index (χ4v) is 3.01. The summed E-state index contributed by atoms with van der Waals surface area (Å²) in [5.41, 5.74) is 1.90. The number of anilines is 1. The normalized spacial score (nSPS) is 10.8. The molecule has 5 nitrogen and oxygen atoms in total. The maximum Gasteiger partial charge on any atom is 0.273 e. The zero-order valence-corrected chi connectivity index (χ0v) is 16.9. The van der Waals surface area contributed by atoms with Crippen molar-refractivity contribution in [1.82, 2.24) is 14.9 Å². The topological polar surface area (TPSA) is 58.1 Å². The number of aromatic nitrogens is 2. The molecule has 0 saturated carbocycles. The van der Waals surface area contributed by atoms with Gasteiger partial charge in [0.1, 0.15) is 23.2 Å². The molecule has 0 saturated heterocycles. The van der Waals surface area contributed by atoms with Crippen LogP contribution in [-0.2, 0) is 13.1 Å². The van der Waals surface area contributed by atoms with E-state index in [1.807, 2.05) is 44.2 Å². The van der Waals surface area contributed by atoms with Crippen LogP contribution in [0.15, 0.2) is 60.7 Å². The first-order valence-corrected chi connectivity index (χ1v) is 9.62. The minimum atomic E-state index is -0.282. The Hall–Kier alpha value is -3.28. The number of carbonyl (C=O) groups excluding carboxylic acids is 1. The van der Waals surface area contributed by atoms with Crippen LogP contribution < -0.4 is 5.32 Å². The summed E-state index contributed by atoms with van der Waals surface area (Å²) >= 11 is 0. The number of benzene rings is 2. The van der Waals surface area contributed by atoms with Crippen molar-refractivity contribution in [3.05, 3.63) is 89.1 Å². The van der Waals surface area contributed by atoms with Crippen LogP contribution in [0.5, 0.6) is 0 Å². The van der Waals surface area contributed by atoms with Crippen molar-refractivity contribution in [3.8, 4) is 0 Å². The third kappa shape index (κ3) is 5.38. The number of halogens is 1. The molecule has 1 aromatic heterocycles. The summed E-state index contributed by atoms with van der Waals surface area (Å²) in [5.74, 6) is 0.530. The highest BCUT2D eigenvalue weighted by Gasteiger charge is 2.21. The van der Waals surface area contributed by atoms with Crippen LogP contribution >= 0.6 is 0 Å². The highest BCUT2D eigenvalue weighted by atomic mass is 19.1. The largest absolute Gasteiger partial charge is 0.366 e. The second-order valence-corrected chi connectivity index (χ2v) is 7.14. The molecule has 1 N–H and O–H groups in total. The summed E-state index contributed by atoms with van der Waals surface area (Å²) in [5, 5.41) is 3.09. The predicted octanol–water partition coefficient (Wildman–Crippen LogP) is 4.59. The van der Waals surface area contributed by atoms with Gasteiger partial charge in [0.15, 0.2) is 0 Å². The van der Waals surface area contributed by atoms with Crippen molar-refractivity contribution in [3.63, 3.8) is 0 Å². The molecule has 3 aromatic rings. The molecule has 6 heteroatoms. The molecule has 0 unspecified atom stereocenters. The van der Waals surface area contributed by atoms with Crippen LogP contribution in [0.3, 0.4) is 0 Å². The SMILES string of the molecule is Cc1nc(NCc2ccccc2F)cc(C(=O)N(Cc2ccccc2)C(C)C)n1. The molecule has 2 aromatic carbocycles. The van der Waals surface area contributed by atoms with E-state index in [2.05, 4.69) is 15.3 Å². The van der Waals surface area contributed by atoms with Gasteiger partial charge in [0.25, 0.3) is 5.91 Å². The molecule has 3 rings (SSSR count). The molecule has 0 atom stereocenters. The van der Waals surface area contributed by atoms with Gasteiger partial charge in [0.2, 0.25) is 0 Å². The summed E-state index contributed by atoms with van der Waals surface area (Å²) in [6, 6.07) is 18.0. The maximum absolute atomic E-state index is 13.8. The van der Waals surface area contributed by atoms with Crippen LogP contribution in [0.4, 0.5) is 10.2 Å². The number of nitrogens with zero attached hydrogens (tertiary/aromatic N) is 3. The second-order valence-electron chi connectivity index (χ2n) is 7.14. The molecule has 150 valence electrons. The smallest absolute Gasteiger partial charge is 0.273 e. The summed E-state index contributed by atoms with van der Waals surface area (Å²) < 4.78 is 13.8. The van der Waals surface area contributed by atoms with Gasteiger partial charge in [-0.3, -0.25) is 4.79 Å². The Morgan fingerprint density at radius 1 is 1.07 bits per heavy atom. The van der Waals surface area contributed by atoms with E-state index in [1.165, 1.54) is 6.07 Å². The third-order valence-electron chi connectivity index (χ3n) is 4.55. The molecule has 1 heterocycles. The number of carbonyl (C=O) groups is 1. The Bertz CT molecular complexity index is 976. The van der Waals surface area contributed by atoms with E-state index in [1.54, 1.807) is 36.1 Å². The molecule has 29 heavy (non-hydrogen) atoms. The molecular formula is C23H25FN4O. The number of amides is 1. The molecule has 0 aliphatic carbocycles. The number of hydrogen-bond donors (Lipinski definition) is 1. The van der Waals surface area contributed by atoms with E-state index in [-0.39, 0.29) is 24.3 Å². The summed E-state index contributed by atoms with van der Waals surface area (Å²) in [6.07, 6.45) is 0. The maximum atomic E-state index is 13.8. The Labute approximate surface area is 170 Å². The first-order valence-electron chi connectivity index (χ1n) is 9.62. The Morgan fingerprint density at radius 2 is 1.76 bits per heavy atom. The van der Waals surface area contributed by atoms with E-state index in [0.717, 1.165) is 5.56 Å². The van der Waals surface area contributed by atoms with Gasteiger partial charge >= 0.3 is 0 Å². The first kappa shape index (κ1) is 20.5. The van der Waals surface area contributed by atoms with Crippen molar-refractivity contribution in [1.29, 1.82) is 0 Å². The summed E-state index contributed by atoms with van der Waals surface area (Å²) in [7, 11) is 0. The van der Waals surface area contributed by atoms with Crippen LogP contribution in [0, 0.1) is 12.7 Å². The number of rotatable bonds is 7. The lowest BCUT2D eigenvalue weighted by molar-refractivity contribution is 0.0684. The van der Waals surface area contributed by atoms with Crippen LogP contribution in [0.2, 0.25) is 0 Å². The minimum absolute atomic E-state index is 0.00722. The molecule has 0 fully saturated rings. The van der Waals surface area contributed by atoms with Crippen molar-refractivity contribution in [2.45, 2.75) is 39.9 Å². The monoisotopic (exact) mass is 392 g/mol. The number of hydrogen-bond acceptors (Lipinski definition) is 4. The Balaban J connectivity index is 1.79. The molecule has 1 amide bonds. The first-order chi connectivity index (χ1) is 13.9. The van der Waals surface area contributed by atoms with Gasteiger partial charge in [-0.05, 0) is 32.4 Å². The van der Waals surface area contributed by atoms with Crippen molar-refractivity contribution in [2.24, 2.45) is 0 Å². The van der Waals surface area contributed by atoms with Gasteiger partial charge in [-0.2, -0.15) is 0 Å². The van der Waals surface area contributed by atoms with Gasteiger partial charge in [-0.15, -0.1) is 0 Å². The average molecular weight is 392 g/mol. The van der Waals surface area contributed by atoms with E-state index < -0.39 is 0 Å². The van der Waals surface area contributed by atoms with E-state index in [9.17, 15) is 9.18 Å². The second kappa shape index (κ2) is 9.28. The van der Waals surface area contributed by atoms with E-state index >= 15 is 0 Å². The van der Waals surface area contributed by atoms with Crippen molar-refractivity contribution < 1.29 is 9.18 Å². The highest BCUT2D eigenvalue weighted by Crippen LogP contribution is 2.16. The van der Waals surface area contributed by atoms with E-state index in [4.69, 9.17) is 0 Å². The quantitative estimate of drug-likeness (QED) is 0.639. The molecule has 0 radical (unpaired) electrons. The van der Waals surface area contributed by atoms with Gasteiger partial charge in [0.05, 0.1) is 0 Å². The number of nitrogens with one attached hydrogen (secondary N) is 1. The van der Waals surface area contributed by atoms with Crippen LogP contribution in [0.25, 0.3) is 0 Å². The minimum Gasteiger partial charge on any atom is -0.366 e. The standard InChI is InChI=1S/C23H25FN4O/c1-16(2)28(15-18-9-5-4-6-10-18)23(29)21-13-22(27-17(3)26-21)25-14-19-11-7-8-12-20(19)24/h4-13,16H,14-15H2,1-3H3,(H,25,26,27). The van der Waals surface area contributed by atoms with Gasteiger partial charge in [-0.1, -0.05) is 48.5 Å². The molecule has 0 bridgehead atoms. The zero-order valence-electron chi connectivity index (χ0n) is 16.9. The average Bonchev–Trinajstić information content (AvgIpc) is 2.71. The van der Waals surface area contributed by atoms with Crippen molar-refractivity contribution in [2.75, 3.05) is 5.32 Å². The zero-order chi connectivity index (χ0) is 20.8. The number of aryl methyl sites for hydroxylation is 1. The predicted molar refractivity (Wildman–Crippen MR) is 112 cm³/mol. The lowest BCUT2D eigenvalue weighted by atomic mass is 10.1. The molecular weight excluding hydrogens is 367 g/mol.